The number of aromatic carboxylic acids is 1. The SMILES string of the molecule is CCCC(CCC)c1ccc(Cn2cc(-c3csc(CN4CCc5ccc(C(=O)O)cc5C4)n3)c3ccccc32)cc1. The van der Waals surface area contributed by atoms with E-state index in [2.05, 4.69) is 83.4 Å². The Balaban J connectivity index is 1.20. The van der Waals surface area contributed by atoms with E-state index in [9.17, 15) is 9.90 Å². The number of carbonyl (C=O) groups is 1. The summed E-state index contributed by atoms with van der Waals surface area (Å²) in [6, 6.07) is 23.4. The summed E-state index contributed by atoms with van der Waals surface area (Å²) in [7, 11) is 0. The zero-order valence-corrected chi connectivity index (χ0v) is 25.4. The standard InChI is InChI=1S/C36H39N3O2S/c1-3-7-26(8-4-2)27-13-11-25(12-14-27)20-39-22-32(31-9-5-6-10-34(31)39)33-24-42-35(37-33)23-38-18-17-28-15-16-29(36(40)41)19-30(28)21-38/h5-6,9-16,19,22,24,26H,3-4,7-8,17-18,20-21,23H2,1-2H3,(H,40,41). The third-order valence-electron chi connectivity index (χ3n) is 8.60. The number of benzene rings is 3. The van der Waals surface area contributed by atoms with Crippen LogP contribution in [0.3, 0.4) is 0 Å². The van der Waals surface area contributed by atoms with Gasteiger partial charge < -0.3 is 9.67 Å². The fraction of sp³-hybridized carbons (Fsp3) is 0.333. The molecule has 0 bridgehead atoms. The van der Waals surface area contributed by atoms with Gasteiger partial charge in [0, 0.05) is 47.7 Å². The van der Waals surface area contributed by atoms with E-state index >= 15 is 0 Å². The fourth-order valence-corrected chi connectivity index (χ4v) is 7.27. The molecule has 0 fully saturated rings. The number of hydrogen-bond acceptors (Lipinski definition) is 4. The summed E-state index contributed by atoms with van der Waals surface area (Å²) in [5.74, 6) is -0.211. The van der Waals surface area contributed by atoms with Crippen molar-refractivity contribution in [1.29, 1.82) is 0 Å². The molecule has 216 valence electrons. The smallest absolute Gasteiger partial charge is 0.335 e. The lowest BCUT2D eigenvalue weighted by molar-refractivity contribution is 0.0696. The minimum Gasteiger partial charge on any atom is -0.478 e. The zero-order valence-electron chi connectivity index (χ0n) is 24.6. The van der Waals surface area contributed by atoms with Crippen molar-refractivity contribution >= 4 is 28.2 Å². The summed E-state index contributed by atoms with van der Waals surface area (Å²) in [6.07, 6.45) is 8.15. The van der Waals surface area contributed by atoms with E-state index in [1.54, 1.807) is 17.4 Å². The Labute approximate surface area is 252 Å². The van der Waals surface area contributed by atoms with Crippen molar-refractivity contribution in [3.8, 4) is 11.3 Å². The van der Waals surface area contributed by atoms with Crippen molar-refractivity contribution in [3.63, 3.8) is 0 Å². The third kappa shape index (κ3) is 6.06. The molecular weight excluding hydrogens is 538 g/mol. The number of nitrogens with zero attached hydrogens (tertiary/aromatic N) is 3. The van der Waals surface area contributed by atoms with Gasteiger partial charge in [-0.1, -0.05) is 75.2 Å². The Morgan fingerprint density at radius 1 is 0.976 bits per heavy atom. The molecule has 5 aromatic rings. The van der Waals surface area contributed by atoms with Gasteiger partial charge in [0.15, 0.2) is 0 Å². The number of para-hydroxylation sites is 1. The first-order chi connectivity index (χ1) is 20.5. The van der Waals surface area contributed by atoms with Crippen LogP contribution in [-0.2, 0) is 26.1 Å². The van der Waals surface area contributed by atoms with Crippen LogP contribution < -0.4 is 0 Å². The molecule has 1 aliphatic rings. The third-order valence-corrected chi connectivity index (χ3v) is 9.43. The number of carboxylic acids is 1. The summed E-state index contributed by atoms with van der Waals surface area (Å²) in [5, 5.41) is 13.9. The number of fused-ring (bicyclic) bond motifs is 2. The predicted octanol–water partition coefficient (Wildman–Crippen LogP) is 8.75. The first-order valence-electron chi connectivity index (χ1n) is 15.2. The van der Waals surface area contributed by atoms with E-state index in [4.69, 9.17) is 4.98 Å². The van der Waals surface area contributed by atoms with E-state index in [-0.39, 0.29) is 0 Å². The Bertz CT molecular complexity index is 1680. The van der Waals surface area contributed by atoms with Gasteiger partial charge in [0.2, 0.25) is 0 Å². The quantitative estimate of drug-likeness (QED) is 0.170. The molecule has 0 saturated carbocycles. The Hall–Kier alpha value is -3.74. The molecule has 6 heteroatoms. The van der Waals surface area contributed by atoms with Crippen LogP contribution in [0.4, 0.5) is 0 Å². The van der Waals surface area contributed by atoms with Crippen LogP contribution in [0.5, 0.6) is 0 Å². The second kappa shape index (κ2) is 12.6. The van der Waals surface area contributed by atoms with Crippen LogP contribution in [0.1, 0.15) is 83.1 Å². The highest BCUT2D eigenvalue weighted by molar-refractivity contribution is 7.09. The minimum atomic E-state index is -0.872. The predicted molar refractivity (Wildman–Crippen MR) is 172 cm³/mol. The first kappa shape index (κ1) is 28.4. The molecule has 0 unspecified atom stereocenters. The van der Waals surface area contributed by atoms with E-state index in [0.717, 1.165) is 48.9 Å². The fourth-order valence-electron chi connectivity index (χ4n) is 6.43. The zero-order chi connectivity index (χ0) is 29.1. The van der Waals surface area contributed by atoms with Crippen LogP contribution in [0.25, 0.3) is 22.2 Å². The summed E-state index contributed by atoms with van der Waals surface area (Å²) in [5.41, 5.74) is 8.92. The highest BCUT2D eigenvalue weighted by atomic mass is 32.1. The summed E-state index contributed by atoms with van der Waals surface area (Å²) >= 11 is 1.71. The van der Waals surface area contributed by atoms with Gasteiger partial charge in [-0.05, 0) is 65.6 Å². The molecule has 0 radical (unpaired) electrons. The highest BCUT2D eigenvalue weighted by Gasteiger charge is 2.20. The van der Waals surface area contributed by atoms with E-state index in [0.29, 0.717) is 11.5 Å². The van der Waals surface area contributed by atoms with Gasteiger partial charge in [0.25, 0.3) is 0 Å². The molecular formula is C36H39N3O2S. The Kier molecular flexibility index (Phi) is 8.54. The van der Waals surface area contributed by atoms with Crippen LogP contribution in [0, 0.1) is 0 Å². The highest BCUT2D eigenvalue weighted by Crippen LogP contribution is 2.33. The molecule has 0 saturated heterocycles. The Morgan fingerprint density at radius 2 is 1.76 bits per heavy atom. The summed E-state index contributed by atoms with van der Waals surface area (Å²) in [4.78, 5) is 18.9. The molecule has 6 rings (SSSR count). The maximum atomic E-state index is 11.5. The molecule has 0 spiro atoms. The molecule has 0 aliphatic carbocycles. The van der Waals surface area contributed by atoms with Crippen molar-refractivity contribution in [3.05, 3.63) is 111 Å². The van der Waals surface area contributed by atoms with E-state index in [1.807, 2.05) is 12.1 Å². The second-order valence-electron chi connectivity index (χ2n) is 11.6. The van der Waals surface area contributed by atoms with Gasteiger partial charge in [-0.2, -0.15) is 0 Å². The molecule has 5 nitrogen and oxygen atoms in total. The number of rotatable bonds is 11. The Morgan fingerprint density at radius 3 is 2.52 bits per heavy atom. The summed E-state index contributed by atoms with van der Waals surface area (Å²) in [6.45, 7) is 7.86. The first-order valence-corrected chi connectivity index (χ1v) is 16.1. The van der Waals surface area contributed by atoms with Crippen molar-refractivity contribution in [2.45, 2.75) is 71.5 Å². The van der Waals surface area contributed by atoms with Crippen molar-refractivity contribution in [2.24, 2.45) is 0 Å². The molecule has 1 aliphatic heterocycles. The van der Waals surface area contributed by atoms with Crippen LogP contribution in [0.2, 0.25) is 0 Å². The molecule has 2 aromatic heterocycles. The van der Waals surface area contributed by atoms with E-state index in [1.165, 1.54) is 58.8 Å². The molecule has 3 aromatic carbocycles. The minimum absolute atomic E-state index is 0.358. The lowest BCUT2D eigenvalue weighted by Crippen LogP contribution is -2.30. The molecule has 0 atom stereocenters. The molecule has 0 amide bonds. The monoisotopic (exact) mass is 577 g/mol. The lowest BCUT2D eigenvalue weighted by Gasteiger charge is -2.28. The second-order valence-corrected chi connectivity index (χ2v) is 12.5. The average molecular weight is 578 g/mol. The van der Waals surface area contributed by atoms with Crippen molar-refractivity contribution in [1.82, 2.24) is 14.5 Å². The topological polar surface area (TPSA) is 58.4 Å². The van der Waals surface area contributed by atoms with Crippen LogP contribution >= 0.6 is 11.3 Å². The average Bonchev–Trinajstić information content (AvgIpc) is 3.61. The van der Waals surface area contributed by atoms with Crippen LogP contribution in [0.15, 0.2) is 78.3 Å². The van der Waals surface area contributed by atoms with Gasteiger partial charge in [-0.3, -0.25) is 4.90 Å². The molecule has 42 heavy (non-hydrogen) atoms. The number of hydrogen-bond donors (Lipinski definition) is 1. The van der Waals surface area contributed by atoms with Gasteiger partial charge >= 0.3 is 5.97 Å². The maximum Gasteiger partial charge on any atom is 0.335 e. The van der Waals surface area contributed by atoms with Crippen LogP contribution in [-0.4, -0.2) is 32.1 Å². The normalized spacial score (nSPS) is 13.6. The number of aromatic nitrogens is 2. The number of thiazole rings is 1. The van der Waals surface area contributed by atoms with Crippen molar-refractivity contribution < 1.29 is 9.90 Å². The van der Waals surface area contributed by atoms with Gasteiger partial charge in [0.1, 0.15) is 5.01 Å². The largest absolute Gasteiger partial charge is 0.478 e. The van der Waals surface area contributed by atoms with Crippen molar-refractivity contribution in [2.75, 3.05) is 6.54 Å². The lowest BCUT2D eigenvalue weighted by atomic mass is 9.90. The van der Waals surface area contributed by atoms with Gasteiger partial charge in [-0.15, -0.1) is 11.3 Å². The number of carboxylic acid groups (broad SMARTS) is 1. The van der Waals surface area contributed by atoms with Gasteiger partial charge in [-0.25, -0.2) is 9.78 Å². The molecule has 1 N–H and O–H groups in total. The maximum absolute atomic E-state index is 11.5. The van der Waals surface area contributed by atoms with E-state index < -0.39 is 5.97 Å². The molecule has 3 heterocycles. The summed E-state index contributed by atoms with van der Waals surface area (Å²) < 4.78 is 2.36. The van der Waals surface area contributed by atoms with Gasteiger partial charge in [0.05, 0.1) is 17.8 Å².